The van der Waals surface area contributed by atoms with Gasteiger partial charge in [0.1, 0.15) is 16.9 Å². The highest BCUT2D eigenvalue weighted by Crippen LogP contribution is 2.20. The number of fused-ring (bicyclic) bond motifs is 1. The molecule has 0 saturated heterocycles. The van der Waals surface area contributed by atoms with Gasteiger partial charge in [0, 0.05) is 17.5 Å². The van der Waals surface area contributed by atoms with Gasteiger partial charge in [-0.25, -0.2) is 4.79 Å². The quantitative estimate of drug-likeness (QED) is 0.859. The van der Waals surface area contributed by atoms with Crippen LogP contribution in [0.1, 0.15) is 37.0 Å². The lowest BCUT2D eigenvalue weighted by atomic mass is 10.1. The molecule has 0 aliphatic heterocycles. The van der Waals surface area contributed by atoms with Crippen LogP contribution < -0.4 is 15.7 Å². The Balaban J connectivity index is 2.34. The zero-order chi connectivity index (χ0) is 15.4. The van der Waals surface area contributed by atoms with Crippen LogP contribution in [0.3, 0.4) is 0 Å². The summed E-state index contributed by atoms with van der Waals surface area (Å²) in [5, 5.41) is 3.49. The van der Waals surface area contributed by atoms with Gasteiger partial charge in [-0.1, -0.05) is 13.3 Å². The van der Waals surface area contributed by atoms with Gasteiger partial charge in [-0.2, -0.15) is 0 Å². The normalized spacial score (nSPS) is 12.1. The molecule has 21 heavy (non-hydrogen) atoms. The molecule has 112 valence electrons. The molecule has 5 nitrogen and oxygen atoms in total. The minimum atomic E-state index is -0.642. The average Bonchev–Trinajstić information content (AvgIpc) is 2.45. The number of methoxy groups -OCH3 is 1. The number of hydrogen-bond acceptors (Lipinski definition) is 4. The van der Waals surface area contributed by atoms with E-state index in [9.17, 15) is 9.59 Å². The number of carbonyl (C=O) groups is 1. The van der Waals surface area contributed by atoms with Crippen LogP contribution in [0.5, 0.6) is 5.75 Å². The van der Waals surface area contributed by atoms with Gasteiger partial charge in [0.25, 0.3) is 5.91 Å². The fraction of sp³-hybridized carbons (Fsp3) is 0.375. The highest BCUT2D eigenvalue weighted by molar-refractivity contribution is 5.96. The van der Waals surface area contributed by atoms with Crippen molar-refractivity contribution < 1.29 is 13.9 Å². The van der Waals surface area contributed by atoms with Crippen LogP contribution in [0.25, 0.3) is 11.0 Å². The van der Waals surface area contributed by atoms with Crippen LogP contribution in [0, 0.1) is 0 Å². The molecular weight excluding hydrogens is 270 g/mol. The highest BCUT2D eigenvalue weighted by atomic mass is 16.5. The Morgan fingerprint density at radius 2 is 2.14 bits per heavy atom. The van der Waals surface area contributed by atoms with Crippen LogP contribution in [0.15, 0.2) is 33.5 Å². The van der Waals surface area contributed by atoms with Crippen molar-refractivity contribution in [3.05, 3.63) is 40.2 Å². The second kappa shape index (κ2) is 6.43. The molecular formula is C16H19NO4. The van der Waals surface area contributed by atoms with Crippen LogP contribution in [0.4, 0.5) is 0 Å². The Bertz CT molecular complexity index is 705. The largest absolute Gasteiger partial charge is 0.497 e. The molecule has 1 N–H and O–H groups in total. The minimum absolute atomic E-state index is 0.0217. The topological polar surface area (TPSA) is 68.5 Å². The van der Waals surface area contributed by atoms with E-state index < -0.39 is 11.5 Å². The van der Waals surface area contributed by atoms with Gasteiger partial charge in [-0.05, 0) is 31.5 Å². The summed E-state index contributed by atoms with van der Waals surface area (Å²) in [5.74, 6) is 0.196. The predicted octanol–water partition coefficient (Wildman–Crippen LogP) is 2.72. The second-order valence-corrected chi connectivity index (χ2v) is 5.01. The summed E-state index contributed by atoms with van der Waals surface area (Å²) < 4.78 is 10.3. The maximum atomic E-state index is 12.1. The molecule has 2 rings (SSSR count). The molecule has 1 amide bonds. The van der Waals surface area contributed by atoms with E-state index in [-0.39, 0.29) is 11.6 Å². The lowest BCUT2D eigenvalue weighted by Crippen LogP contribution is -2.35. The molecule has 0 saturated carbocycles. The Hall–Kier alpha value is -2.30. The average molecular weight is 289 g/mol. The van der Waals surface area contributed by atoms with Crippen molar-refractivity contribution in [3.8, 4) is 5.75 Å². The molecule has 5 heteroatoms. The SMILES string of the molecule is CCCC(C)NC(=O)c1cc2ccc(OC)cc2oc1=O. The first-order chi connectivity index (χ1) is 10.0. The summed E-state index contributed by atoms with van der Waals surface area (Å²) in [6, 6.07) is 6.70. The molecule has 1 atom stereocenters. The first kappa shape index (κ1) is 15.1. The summed E-state index contributed by atoms with van der Waals surface area (Å²) in [7, 11) is 1.54. The van der Waals surface area contributed by atoms with E-state index in [2.05, 4.69) is 5.32 Å². The molecule has 1 heterocycles. The Labute approximate surface area is 122 Å². The molecule has 0 aliphatic rings. The molecule has 2 aromatic rings. The molecule has 1 aromatic heterocycles. The fourth-order valence-electron chi connectivity index (χ4n) is 2.18. The van der Waals surface area contributed by atoms with Gasteiger partial charge in [-0.15, -0.1) is 0 Å². The lowest BCUT2D eigenvalue weighted by molar-refractivity contribution is 0.0935. The number of nitrogens with one attached hydrogen (secondary N) is 1. The molecule has 0 bridgehead atoms. The van der Waals surface area contributed by atoms with Crippen LogP contribution >= 0.6 is 0 Å². The Kier molecular flexibility index (Phi) is 4.62. The second-order valence-electron chi connectivity index (χ2n) is 5.01. The van der Waals surface area contributed by atoms with Crippen molar-refractivity contribution >= 4 is 16.9 Å². The number of hydrogen-bond donors (Lipinski definition) is 1. The number of benzene rings is 1. The van der Waals surface area contributed by atoms with Crippen LogP contribution in [-0.4, -0.2) is 19.1 Å². The standard InChI is InChI=1S/C16H19NO4/c1-4-5-10(2)17-15(18)13-8-11-6-7-12(20-3)9-14(11)21-16(13)19/h6-10H,4-5H2,1-3H3,(H,17,18). The molecule has 0 spiro atoms. The first-order valence-electron chi connectivity index (χ1n) is 6.98. The van der Waals surface area contributed by atoms with Gasteiger partial charge < -0.3 is 14.5 Å². The third kappa shape index (κ3) is 3.42. The number of ether oxygens (including phenoxy) is 1. The Morgan fingerprint density at radius 1 is 1.38 bits per heavy atom. The third-order valence-corrected chi connectivity index (χ3v) is 3.29. The van der Waals surface area contributed by atoms with Crippen molar-refractivity contribution in [2.24, 2.45) is 0 Å². The summed E-state index contributed by atoms with van der Waals surface area (Å²) in [6.07, 6.45) is 1.83. The fourth-order valence-corrected chi connectivity index (χ4v) is 2.18. The van der Waals surface area contributed by atoms with E-state index >= 15 is 0 Å². The van der Waals surface area contributed by atoms with E-state index in [1.54, 1.807) is 24.3 Å². The summed E-state index contributed by atoms with van der Waals surface area (Å²) >= 11 is 0. The highest BCUT2D eigenvalue weighted by Gasteiger charge is 2.15. The van der Waals surface area contributed by atoms with E-state index in [1.807, 2.05) is 13.8 Å². The molecule has 1 unspecified atom stereocenters. The first-order valence-corrected chi connectivity index (χ1v) is 6.98. The van der Waals surface area contributed by atoms with E-state index in [0.29, 0.717) is 16.7 Å². The zero-order valence-electron chi connectivity index (χ0n) is 12.4. The minimum Gasteiger partial charge on any atom is -0.497 e. The van der Waals surface area contributed by atoms with Crippen molar-refractivity contribution in [1.29, 1.82) is 0 Å². The van der Waals surface area contributed by atoms with Crippen LogP contribution in [0.2, 0.25) is 0 Å². The van der Waals surface area contributed by atoms with Gasteiger partial charge in [0.05, 0.1) is 7.11 Å². The van der Waals surface area contributed by atoms with E-state index in [1.165, 1.54) is 7.11 Å². The summed E-state index contributed by atoms with van der Waals surface area (Å²) in [4.78, 5) is 24.1. The van der Waals surface area contributed by atoms with Crippen LogP contribution in [-0.2, 0) is 0 Å². The maximum Gasteiger partial charge on any atom is 0.349 e. The van der Waals surface area contributed by atoms with Crippen molar-refractivity contribution in [2.75, 3.05) is 7.11 Å². The van der Waals surface area contributed by atoms with E-state index in [4.69, 9.17) is 9.15 Å². The predicted molar refractivity (Wildman–Crippen MR) is 80.9 cm³/mol. The molecule has 0 fully saturated rings. The number of amides is 1. The van der Waals surface area contributed by atoms with Crippen molar-refractivity contribution in [1.82, 2.24) is 5.32 Å². The summed E-state index contributed by atoms with van der Waals surface area (Å²) in [5.41, 5.74) is -0.218. The van der Waals surface area contributed by atoms with Crippen molar-refractivity contribution in [2.45, 2.75) is 32.7 Å². The van der Waals surface area contributed by atoms with E-state index in [0.717, 1.165) is 12.8 Å². The molecule has 1 aromatic carbocycles. The van der Waals surface area contributed by atoms with Gasteiger partial charge in [0.2, 0.25) is 0 Å². The van der Waals surface area contributed by atoms with Gasteiger partial charge in [0.15, 0.2) is 0 Å². The number of carbonyl (C=O) groups excluding carboxylic acids is 1. The van der Waals surface area contributed by atoms with Gasteiger partial charge >= 0.3 is 5.63 Å². The zero-order valence-corrected chi connectivity index (χ0v) is 12.4. The number of rotatable bonds is 5. The van der Waals surface area contributed by atoms with Crippen molar-refractivity contribution in [3.63, 3.8) is 0 Å². The summed E-state index contributed by atoms with van der Waals surface area (Å²) in [6.45, 7) is 3.95. The maximum absolute atomic E-state index is 12.1. The smallest absolute Gasteiger partial charge is 0.349 e. The lowest BCUT2D eigenvalue weighted by Gasteiger charge is -2.12. The van der Waals surface area contributed by atoms with Gasteiger partial charge in [-0.3, -0.25) is 4.79 Å². The molecule has 0 radical (unpaired) electrons. The molecule has 0 aliphatic carbocycles. The Morgan fingerprint density at radius 3 is 2.81 bits per heavy atom. The third-order valence-electron chi connectivity index (χ3n) is 3.29. The monoisotopic (exact) mass is 289 g/mol.